The molecular weight excluding hydrogens is 257 g/mol. The first-order chi connectivity index (χ1) is 8.29. The van der Waals surface area contributed by atoms with Crippen LogP contribution in [-0.2, 0) is 4.74 Å². The molecule has 0 aliphatic heterocycles. The lowest BCUT2D eigenvalue weighted by molar-refractivity contribution is -0.175. The van der Waals surface area contributed by atoms with E-state index >= 15 is 0 Å². The molecule has 2 N–H and O–H groups in total. The summed E-state index contributed by atoms with van der Waals surface area (Å²) in [6, 6.07) is 2.40. The van der Waals surface area contributed by atoms with Crippen LogP contribution in [0, 0.1) is 0 Å². The lowest BCUT2D eigenvalue weighted by Gasteiger charge is -2.10. The summed E-state index contributed by atoms with van der Waals surface area (Å²) in [6.07, 6.45) is -5.74. The second kappa shape index (κ2) is 5.87. The first-order valence-corrected chi connectivity index (χ1v) is 4.95. The predicted octanol–water partition coefficient (Wildman–Crippen LogP) is 1.98. The highest BCUT2D eigenvalue weighted by molar-refractivity contribution is 5.84. The van der Waals surface area contributed by atoms with E-state index in [2.05, 4.69) is 4.74 Å². The third-order valence-corrected chi connectivity index (χ3v) is 1.97. The number of aromatic carboxylic acids is 1. The van der Waals surface area contributed by atoms with Crippen molar-refractivity contribution in [1.29, 1.82) is 0 Å². The van der Waals surface area contributed by atoms with Gasteiger partial charge in [0.1, 0.15) is 18.5 Å². The highest BCUT2D eigenvalue weighted by atomic mass is 19.4. The number of furan rings is 1. The molecule has 0 aliphatic carbocycles. The third kappa shape index (κ3) is 4.76. The first kappa shape index (κ1) is 14.5. The Bertz CT molecular complexity index is 398. The molecule has 1 rings (SSSR count). The molecule has 0 aromatic carbocycles. The van der Waals surface area contributed by atoms with Gasteiger partial charge in [-0.05, 0) is 12.1 Å². The fourth-order valence-corrected chi connectivity index (χ4v) is 1.17. The number of aliphatic hydroxyl groups is 1. The van der Waals surface area contributed by atoms with Crippen LogP contribution in [0.2, 0.25) is 0 Å². The Morgan fingerprint density at radius 1 is 1.44 bits per heavy atom. The van der Waals surface area contributed by atoms with Crippen LogP contribution in [-0.4, -0.2) is 35.6 Å². The maximum Gasteiger partial charge on any atom is 0.411 e. The highest BCUT2D eigenvalue weighted by Crippen LogP contribution is 2.20. The van der Waals surface area contributed by atoms with Crippen LogP contribution >= 0.6 is 0 Å². The summed E-state index contributed by atoms with van der Waals surface area (Å²) in [4.78, 5) is 10.5. The minimum Gasteiger partial charge on any atom is -0.475 e. The van der Waals surface area contributed by atoms with Gasteiger partial charge in [-0.1, -0.05) is 0 Å². The number of rotatable bonds is 6. The van der Waals surface area contributed by atoms with Crippen molar-refractivity contribution in [1.82, 2.24) is 0 Å². The topological polar surface area (TPSA) is 79.9 Å². The van der Waals surface area contributed by atoms with Gasteiger partial charge in [-0.15, -0.1) is 0 Å². The zero-order chi connectivity index (χ0) is 13.8. The van der Waals surface area contributed by atoms with Crippen LogP contribution < -0.4 is 0 Å². The third-order valence-electron chi connectivity index (χ3n) is 1.97. The summed E-state index contributed by atoms with van der Waals surface area (Å²) in [5.74, 6) is -1.66. The molecular formula is C10H11F3O5. The van der Waals surface area contributed by atoms with E-state index in [0.717, 1.165) is 6.07 Å². The number of carbonyl (C=O) groups is 1. The maximum absolute atomic E-state index is 11.7. The normalized spacial score (nSPS) is 13.6. The van der Waals surface area contributed by atoms with E-state index in [-0.39, 0.29) is 24.5 Å². The fraction of sp³-hybridized carbons (Fsp3) is 0.500. The van der Waals surface area contributed by atoms with Crippen molar-refractivity contribution in [2.24, 2.45) is 0 Å². The van der Waals surface area contributed by atoms with Crippen LogP contribution in [0.25, 0.3) is 0 Å². The van der Waals surface area contributed by atoms with Crippen LogP contribution in [0.5, 0.6) is 0 Å². The zero-order valence-electron chi connectivity index (χ0n) is 9.11. The van der Waals surface area contributed by atoms with Gasteiger partial charge in [0.2, 0.25) is 5.76 Å². The lowest BCUT2D eigenvalue weighted by Crippen LogP contribution is -2.18. The Hall–Kier alpha value is -1.54. The largest absolute Gasteiger partial charge is 0.475 e. The Labute approximate surface area is 99.8 Å². The molecule has 0 radical (unpaired) electrons. The summed E-state index contributed by atoms with van der Waals surface area (Å²) in [5.41, 5.74) is 0. The van der Waals surface area contributed by atoms with Gasteiger partial charge in [0, 0.05) is 13.0 Å². The van der Waals surface area contributed by atoms with Crippen LogP contribution in [0.15, 0.2) is 16.5 Å². The number of hydrogen-bond donors (Lipinski definition) is 2. The van der Waals surface area contributed by atoms with E-state index in [9.17, 15) is 23.1 Å². The van der Waals surface area contributed by atoms with Crippen molar-refractivity contribution in [3.63, 3.8) is 0 Å². The highest BCUT2D eigenvalue weighted by Gasteiger charge is 2.27. The van der Waals surface area contributed by atoms with Crippen LogP contribution in [0.3, 0.4) is 0 Å². The molecule has 0 saturated heterocycles. The number of alkyl halides is 3. The van der Waals surface area contributed by atoms with Crippen molar-refractivity contribution >= 4 is 5.97 Å². The van der Waals surface area contributed by atoms with Gasteiger partial charge in [0.05, 0.1) is 0 Å². The van der Waals surface area contributed by atoms with E-state index in [4.69, 9.17) is 9.52 Å². The average Bonchev–Trinajstić information content (AvgIpc) is 2.72. The monoisotopic (exact) mass is 268 g/mol. The van der Waals surface area contributed by atoms with Gasteiger partial charge >= 0.3 is 12.1 Å². The Kier molecular flexibility index (Phi) is 4.74. The summed E-state index contributed by atoms with van der Waals surface area (Å²) in [7, 11) is 0. The summed E-state index contributed by atoms with van der Waals surface area (Å²) >= 11 is 0. The fourth-order valence-electron chi connectivity index (χ4n) is 1.17. The Morgan fingerprint density at radius 3 is 2.61 bits per heavy atom. The SMILES string of the molecule is O=C(O)c1ccc(C(O)CCOCC(F)(F)F)o1. The van der Waals surface area contributed by atoms with Crippen molar-refractivity contribution in [3.05, 3.63) is 23.7 Å². The number of hydrogen-bond acceptors (Lipinski definition) is 4. The molecule has 0 aliphatic rings. The molecule has 18 heavy (non-hydrogen) atoms. The second-order valence-electron chi connectivity index (χ2n) is 3.48. The van der Waals surface area contributed by atoms with Gasteiger partial charge in [-0.2, -0.15) is 13.2 Å². The second-order valence-corrected chi connectivity index (χ2v) is 3.48. The molecule has 0 fully saturated rings. The summed E-state index contributed by atoms with van der Waals surface area (Å²) in [5, 5.41) is 18.1. The summed E-state index contributed by atoms with van der Waals surface area (Å²) in [6.45, 7) is -1.71. The summed E-state index contributed by atoms with van der Waals surface area (Å²) < 4.78 is 44.3. The molecule has 102 valence electrons. The number of carboxylic acids is 1. The molecule has 1 aromatic heterocycles. The molecule has 1 atom stereocenters. The molecule has 8 heteroatoms. The molecule has 1 unspecified atom stereocenters. The van der Waals surface area contributed by atoms with E-state index < -0.39 is 24.9 Å². The van der Waals surface area contributed by atoms with Gasteiger partial charge in [-0.25, -0.2) is 4.79 Å². The van der Waals surface area contributed by atoms with E-state index in [1.165, 1.54) is 6.07 Å². The van der Waals surface area contributed by atoms with Crippen LogP contribution in [0.1, 0.15) is 28.8 Å². The standard InChI is InChI=1S/C10H11F3O5/c11-10(12,13)5-17-4-3-6(14)7-1-2-8(18-7)9(15)16/h1-2,6,14H,3-5H2,(H,15,16). The predicted molar refractivity (Wildman–Crippen MR) is 52.1 cm³/mol. The van der Waals surface area contributed by atoms with E-state index in [0.29, 0.717) is 0 Å². The molecule has 0 bridgehead atoms. The van der Waals surface area contributed by atoms with Crippen LogP contribution in [0.4, 0.5) is 13.2 Å². The Morgan fingerprint density at radius 2 is 2.11 bits per heavy atom. The van der Waals surface area contributed by atoms with Gasteiger partial charge in [0.15, 0.2) is 0 Å². The van der Waals surface area contributed by atoms with E-state index in [1.807, 2.05) is 0 Å². The smallest absolute Gasteiger partial charge is 0.411 e. The first-order valence-electron chi connectivity index (χ1n) is 4.95. The molecule has 0 saturated carbocycles. The molecule has 1 aromatic rings. The van der Waals surface area contributed by atoms with Crippen molar-refractivity contribution < 1.29 is 37.3 Å². The van der Waals surface area contributed by atoms with Gasteiger partial charge in [-0.3, -0.25) is 0 Å². The van der Waals surface area contributed by atoms with E-state index in [1.54, 1.807) is 0 Å². The lowest BCUT2D eigenvalue weighted by atomic mass is 10.2. The molecule has 0 amide bonds. The Balaban J connectivity index is 2.36. The van der Waals surface area contributed by atoms with Gasteiger partial charge in [0.25, 0.3) is 0 Å². The van der Waals surface area contributed by atoms with Crippen molar-refractivity contribution in [3.8, 4) is 0 Å². The number of carboxylic acid groups (broad SMARTS) is 1. The minimum absolute atomic E-state index is 0.0250. The van der Waals surface area contributed by atoms with Crippen molar-refractivity contribution in [2.45, 2.75) is 18.7 Å². The van der Waals surface area contributed by atoms with Crippen molar-refractivity contribution in [2.75, 3.05) is 13.2 Å². The average molecular weight is 268 g/mol. The quantitative estimate of drug-likeness (QED) is 0.771. The number of halogens is 3. The molecule has 0 spiro atoms. The zero-order valence-corrected chi connectivity index (χ0v) is 9.11. The molecule has 5 nitrogen and oxygen atoms in total. The maximum atomic E-state index is 11.7. The van der Waals surface area contributed by atoms with Gasteiger partial charge < -0.3 is 19.4 Å². The minimum atomic E-state index is -4.41. The number of aliphatic hydroxyl groups excluding tert-OH is 1. The number of ether oxygens (including phenoxy) is 1. The molecule has 1 heterocycles.